The predicted molar refractivity (Wildman–Crippen MR) is 92.8 cm³/mol. The quantitative estimate of drug-likeness (QED) is 0.614. The molecule has 2 atom stereocenters. The highest BCUT2D eigenvalue weighted by atomic mass is 16.5. The summed E-state index contributed by atoms with van der Waals surface area (Å²) in [4.78, 5) is 22.7. The van der Waals surface area contributed by atoms with Crippen LogP contribution in [0.4, 0.5) is 0 Å². The molecule has 4 heteroatoms. The average Bonchev–Trinajstić information content (AvgIpc) is 2.48. The van der Waals surface area contributed by atoms with Crippen LogP contribution >= 0.6 is 0 Å². The van der Waals surface area contributed by atoms with Crippen molar-refractivity contribution in [3.05, 3.63) is 46.5 Å². The Kier molecular flexibility index (Phi) is 6.18. The molecule has 2 rings (SSSR count). The van der Waals surface area contributed by atoms with Crippen LogP contribution < -0.4 is 0 Å². The van der Waals surface area contributed by atoms with Crippen molar-refractivity contribution in [1.82, 2.24) is 0 Å². The van der Waals surface area contributed by atoms with Gasteiger partial charge in [-0.15, -0.1) is 0 Å². The third kappa shape index (κ3) is 4.95. The highest BCUT2D eigenvalue weighted by Crippen LogP contribution is 2.25. The molecule has 0 saturated carbocycles. The first kappa shape index (κ1) is 18.2. The van der Waals surface area contributed by atoms with E-state index < -0.39 is 0 Å². The molecule has 0 aliphatic heterocycles. The van der Waals surface area contributed by atoms with Crippen LogP contribution in [0.2, 0.25) is 0 Å². The van der Waals surface area contributed by atoms with Gasteiger partial charge in [-0.25, -0.2) is 0 Å². The van der Waals surface area contributed by atoms with Crippen molar-refractivity contribution >= 4 is 11.9 Å². The van der Waals surface area contributed by atoms with Gasteiger partial charge in [0, 0.05) is 26.7 Å². The summed E-state index contributed by atoms with van der Waals surface area (Å²) in [6.07, 6.45) is 6.34. The van der Waals surface area contributed by atoms with E-state index in [-0.39, 0.29) is 24.1 Å². The number of aryl methyl sites for hydroxylation is 2. The molecular weight excluding hydrogens is 304 g/mol. The van der Waals surface area contributed by atoms with E-state index in [4.69, 9.17) is 9.47 Å². The van der Waals surface area contributed by atoms with Gasteiger partial charge in [0.2, 0.25) is 0 Å². The molecule has 0 spiro atoms. The maximum atomic E-state index is 11.4. The van der Waals surface area contributed by atoms with Crippen LogP contribution in [-0.2, 0) is 31.9 Å². The summed E-state index contributed by atoms with van der Waals surface area (Å²) in [6.45, 7) is 7.06. The van der Waals surface area contributed by atoms with Gasteiger partial charge in [0.05, 0.1) is 0 Å². The molecule has 0 saturated heterocycles. The molecule has 24 heavy (non-hydrogen) atoms. The van der Waals surface area contributed by atoms with Crippen molar-refractivity contribution in [2.45, 2.75) is 65.6 Å². The van der Waals surface area contributed by atoms with Crippen molar-refractivity contribution in [2.24, 2.45) is 0 Å². The molecule has 0 amide bonds. The molecule has 0 bridgehead atoms. The van der Waals surface area contributed by atoms with Crippen molar-refractivity contribution in [2.75, 3.05) is 0 Å². The molecule has 0 radical (unpaired) electrons. The molecule has 2 unspecified atom stereocenters. The summed E-state index contributed by atoms with van der Waals surface area (Å²) in [7, 11) is 0. The molecular formula is C20H26O4. The molecule has 130 valence electrons. The maximum absolute atomic E-state index is 11.4. The lowest BCUT2D eigenvalue weighted by Crippen LogP contribution is -2.22. The molecule has 1 aromatic carbocycles. The second kappa shape index (κ2) is 8.13. The van der Waals surface area contributed by atoms with E-state index in [0.29, 0.717) is 12.8 Å². The first-order valence-corrected chi connectivity index (χ1v) is 8.46. The van der Waals surface area contributed by atoms with Crippen LogP contribution in [0.3, 0.4) is 0 Å². The predicted octanol–water partition coefficient (Wildman–Crippen LogP) is 3.60. The number of ether oxygens (including phenoxy) is 2. The van der Waals surface area contributed by atoms with Gasteiger partial charge in [0.1, 0.15) is 12.2 Å². The molecule has 0 aromatic heterocycles. The van der Waals surface area contributed by atoms with Crippen molar-refractivity contribution in [1.29, 1.82) is 0 Å². The van der Waals surface area contributed by atoms with E-state index in [1.165, 1.54) is 36.1 Å². The SMILES string of the molecule is CC(=O)OC1C=CCC(OC(C)=O)Cc2c(C)ccc(C)c2CC1. The van der Waals surface area contributed by atoms with E-state index in [0.717, 1.165) is 12.8 Å². The van der Waals surface area contributed by atoms with Crippen molar-refractivity contribution in [3.63, 3.8) is 0 Å². The monoisotopic (exact) mass is 330 g/mol. The Morgan fingerprint density at radius 1 is 1.00 bits per heavy atom. The fourth-order valence-corrected chi connectivity index (χ4v) is 3.27. The fraction of sp³-hybridized carbons (Fsp3) is 0.500. The van der Waals surface area contributed by atoms with E-state index in [9.17, 15) is 9.59 Å². The standard InChI is InChI=1S/C20H26O4/c1-13-8-9-14(2)20-12-18(24-16(4)22)7-5-6-17(23-15(3)21)10-11-19(13)20/h5-6,8-9,17-18H,7,10-12H2,1-4H3. The van der Waals surface area contributed by atoms with Crippen molar-refractivity contribution < 1.29 is 19.1 Å². The summed E-state index contributed by atoms with van der Waals surface area (Å²) >= 11 is 0. The topological polar surface area (TPSA) is 52.6 Å². The van der Waals surface area contributed by atoms with Crippen LogP contribution in [0, 0.1) is 13.8 Å². The van der Waals surface area contributed by atoms with Crippen LogP contribution in [-0.4, -0.2) is 24.1 Å². The number of carbonyl (C=O) groups excluding carboxylic acids is 2. The minimum Gasteiger partial charge on any atom is -0.462 e. The summed E-state index contributed by atoms with van der Waals surface area (Å²) < 4.78 is 10.9. The lowest BCUT2D eigenvalue weighted by Gasteiger charge is -2.23. The Morgan fingerprint density at radius 2 is 1.62 bits per heavy atom. The van der Waals surface area contributed by atoms with Gasteiger partial charge >= 0.3 is 11.9 Å². The third-order valence-electron chi connectivity index (χ3n) is 4.41. The van der Waals surface area contributed by atoms with E-state index in [2.05, 4.69) is 26.0 Å². The average molecular weight is 330 g/mol. The van der Waals surface area contributed by atoms with Crippen LogP contribution in [0.5, 0.6) is 0 Å². The largest absolute Gasteiger partial charge is 0.462 e. The second-order valence-corrected chi connectivity index (χ2v) is 6.44. The smallest absolute Gasteiger partial charge is 0.303 e. The molecule has 0 N–H and O–H groups in total. The Balaban J connectivity index is 2.36. The Labute approximate surface area is 143 Å². The number of fused-ring (bicyclic) bond motifs is 1. The first-order valence-electron chi connectivity index (χ1n) is 8.46. The third-order valence-corrected chi connectivity index (χ3v) is 4.41. The molecule has 1 aliphatic carbocycles. The zero-order chi connectivity index (χ0) is 17.7. The number of carbonyl (C=O) groups is 2. The summed E-state index contributed by atoms with van der Waals surface area (Å²) in [5.74, 6) is -0.548. The van der Waals surface area contributed by atoms with Crippen LogP contribution in [0.15, 0.2) is 24.3 Å². The van der Waals surface area contributed by atoms with Gasteiger partial charge in [-0.05, 0) is 55.0 Å². The number of hydrogen-bond acceptors (Lipinski definition) is 4. The van der Waals surface area contributed by atoms with Crippen molar-refractivity contribution in [3.8, 4) is 0 Å². The summed E-state index contributed by atoms with van der Waals surface area (Å²) in [5, 5.41) is 0. The molecule has 0 fully saturated rings. The molecule has 0 heterocycles. The van der Waals surface area contributed by atoms with Gasteiger partial charge in [-0.1, -0.05) is 18.2 Å². The second-order valence-electron chi connectivity index (χ2n) is 6.44. The number of esters is 2. The normalized spacial score (nSPS) is 20.8. The number of hydrogen-bond donors (Lipinski definition) is 0. The minimum absolute atomic E-state index is 0.200. The van der Waals surface area contributed by atoms with Gasteiger partial charge in [0.15, 0.2) is 0 Å². The van der Waals surface area contributed by atoms with Crippen LogP contribution in [0.25, 0.3) is 0 Å². The Bertz CT molecular complexity index is 645. The van der Waals surface area contributed by atoms with E-state index >= 15 is 0 Å². The van der Waals surface area contributed by atoms with Gasteiger partial charge < -0.3 is 9.47 Å². The maximum Gasteiger partial charge on any atom is 0.303 e. The van der Waals surface area contributed by atoms with E-state index in [1.807, 2.05) is 12.2 Å². The highest BCUT2D eigenvalue weighted by Gasteiger charge is 2.20. The Morgan fingerprint density at radius 3 is 2.25 bits per heavy atom. The van der Waals surface area contributed by atoms with E-state index in [1.54, 1.807) is 0 Å². The summed E-state index contributed by atoms with van der Waals surface area (Å²) in [5.41, 5.74) is 4.96. The van der Waals surface area contributed by atoms with Gasteiger partial charge in [-0.3, -0.25) is 9.59 Å². The molecule has 1 aliphatic rings. The van der Waals surface area contributed by atoms with Gasteiger partial charge in [0.25, 0.3) is 0 Å². The first-order chi connectivity index (χ1) is 11.4. The lowest BCUT2D eigenvalue weighted by molar-refractivity contribution is -0.146. The lowest BCUT2D eigenvalue weighted by atomic mass is 9.88. The minimum atomic E-state index is -0.278. The number of benzene rings is 1. The van der Waals surface area contributed by atoms with Crippen LogP contribution in [0.1, 0.15) is 48.9 Å². The Hall–Kier alpha value is -2.10. The molecule has 1 aromatic rings. The highest BCUT2D eigenvalue weighted by molar-refractivity contribution is 5.66. The molecule has 4 nitrogen and oxygen atoms in total. The number of rotatable bonds is 2. The van der Waals surface area contributed by atoms with Gasteiger partial charge in [-0.2, -0.15) is 0 Å². The fourth-order valence-electron chi connectivity index (χ4n) is 3.27. The summed E-state index contributed by atoms with van der Waals surface area (Å²) in [6, 6.07) is 4.24. The zero-order valence-corrected chi connectivity index (χ0v) is 14.9. The zero-order valence-electron chi connectivity index (χ0n) is 14.9.